The molecular weight excluding hydrogens is 260 g/mol. The van der Waals surface area contributed by atoms with E-state index in [9.17, 15) is 5.11 Å². The molecule has 3 nitrogen and oxygen atoms in total. The van der Waals surface area contributed by atoms with E-state index < -0.39 is 6.10 Å². The van der Waals surface area contributed by atoms with Gasteiger partial charge in [-0.1, -0.05) is 41.4 Å². The number of benzene rings is 1. The quantitative estimate of drug-likeness (QED) is 0.926. The van der Waals surface area contributed by atoms with Crippen molar-refractivity contribution >= 4 is 11.6 Å². The summed E-state index contributed by atoms with van der Waals surface area (Å²) in [5, 5.41) is 15.2. The maximum absolute atomic E-state index is 10.4. The highest BCUT2D eigenvalue weighted by atomic mass is 35.5. The molecule has 0 aliphatic carbocycles. The van der Waals surface area contributed by atoms with Crippen molar-refractivity contribution in [1.29, 1.82) is 0 Å². The molecule has 1 aromatic heterocycles. The fourth-order valence-electron chi connectivity index (χ4n) is 2.23. The number of aliphatic hydroxyl groups is 1. The van der Waals surface area contributed by atoms with Gasteiger partial charge in [0.1, 0.15) is 6.10 Å². The van der Waals surface area contributed by atoms with Crippen molar-refractivity contribution in [3.63, 3.8) is 0 Å². The standard InChI is InChI=1S/C15H19ClN2O/c1-10(2)18-15(13(16)9-17-18)14(19)8-12-6-4-5-11(3)7-12/h4-7,9-10,14,19H,8H2,1-3H3. The first kappa shape index (κ1) is 14.1. The third kappa shape index (κ3) is 3.17. The van der Waals surface area contributed by atoms with Crippen LogP contribution >= 0.6 is 11.6 Å². The monoisotopic (exact) mass is 278 g/mol. The molecule has 102 valence electrons. The molecule has 0 aliphatic rings. The van der Waals surface area contributed by atoms with Gasteiger partial charge < -0.3 is 5.11 Å². The Kier molecular flexibility index (Phi) is 4.27. The van der Waals surface area contributed by atoms with Gasteiger partial charge in [-0.3, -0.25) is 4.68 Å². The van der Waals surface area contributed by atoms with Crippen molar-refractivity contribution in [2.75, 3.05) is 0 Å². The third-order valence-corrected chi connectivity index (χ3v) is 3.39. The lowest BCUT2D eigenvalue weighted by atomic mass is 10.0. The molecule has 0 amide bonds. The topological polar surface area (TPSA) is 38.1 Å². The van der Waals surface area contributed by atoms with Crippen LogP contribution in [0.5, 0.6) is 0 Å². The van der Waals surface area contributed by atoms with Gasteiger partial charge in [-0.25, -0.2) is 0 Å². The van der Waals surface area contributed by atoms with Gasteiger partial charge in [-0.05, 0) is 26.3 Å². The molecule has 1 atom stereocenters. The van der Waals surface area contributed by atoms with Gasteiger partial charge in [-0.2, -0.15) is 5.10 Å². The van der Waals surface area contributed by atoms with Gasteiger partial charge >= 0.3 is 0 Å². The lowest BCUT2D eigenvalue weighted by molar-refractivity contribution is 0.165. The second-order valence-electron chi connectivity index (χ2n) is 5.13. The van der Waals surface area contributed by atoms with Gasteiger partial charge in [0.25, 0.3) is 0 Å². The summed E-state index contributed by atoms with van der Waals surface area (Å²) in [7, 11) is 0. The van der Waals surface area contributed by atoms with E-state index in [0.717, 1.165) is 5.56 Å². The van der Waals surface area contributed by atoms with E-state index in [1.54, 1.807) is 10.9 Å². The van der Waals surface area contributed by atoms with Crippen LogP contribution in [0.1, 0.15) is 42.8 Å². The van der Waals surface area contributed by atoms with Crippen molar-refractivity contribution in [3.8, 4) is 0 Å². The Morgan fingerprint density at radius 3 is 2.74 bits per heavy atom. The summed E-state index contributed by atoms with van der Waals surface area (Å²) in [5.41, 5.74) is 2.98. The summed E-state index contributed by atoms with van der Waals surface area (Å²) in [6.07, 6.45) is 1.50. The molecule has 0 aliphatic heterocycles. The zero-order valence-electron chi connectivity index (χ0n) is 11.5. The normalized spacial score (nSPS) is 12.9. The van der Waals surface area contributed by atoms with Gasteiger partial charge in [0, 0.05) is 12.5 Å². The summed E-state index contributed by atoms with van der Waals surface area (Å²) >= 11 is 6.14. The maximum Gasteiger partial charge on any atom is 0.101 e. The van der Waals surface area contributed by atoms with Crippen LogP contribution in [0, 0.1) is 6.92 Å². The molecule has 1 heterocycles. The first-order valence-electron chi connectivity index (χ1n) is 6.45. The molecule has 1 N–H and O–H groups in total. The van der Waals surface area contributed by atoms with Crippen molar-refractivity contribution in [3.05, 3.63) is 52.3 Å². The molecule has 19 heavy (non-hydrogen) atoms. The zero-order chi connectivity index (χ0) is 14.0. The van der Waals surface area contributed by atoms with E-state index in [1.165, 1.54) is 5.56 Å². The predicted octanol–water partition coefficient (Wildman–Crippen LogP) is 3.70. The number of hydrogen-bond acceptors (Lipinski definition) is 2. The fourth-order valence-corrected chi connectivity index (χ4v) is 2.49. The third-order valence-electron chi connectivity index (χ3n) is 3.10. The summed E-state index contributed by atoms with van der Waals surface area (Å²) < 4.78 is 1.78. The second kappa shape index (κ2) is 5.76. The highest BCUT2D eigenvalue weighted by Crippen LogP contribution is 2.27. The van der Waals surface area contributed by atoms with E-state index in [0.29, 0.717) is 17.1 Å². The van der Waals surface area contributed by atoms with Gasteiger partial charge in [0.05, 0.1) is 16.9 Å². The lowest BCUT2D eigenvalue weighted by Gasteiger charge is -2.16. The average molecular weight is 279 g/mol. The number of aromatic nitrogens is 2. The highest BCUT2D eigenvalue weighted by molar-refractivity contribution is 6.31. The van der Waals surface area contributed by atoms with Crippen LogP contribution in [-0.2, 0) is 6.42 Å². The molecule has 0 spiro atoms. The number of rotatable bonds is 4. The fraction of sp³-hybridized carbons (Fsp3) is 0.400. The molecule has 1 unspecified atom stereocenters. The Labute approximate surface area is 118 Å². The van der Waals surface area contributed by atoms with Crippen molar-refractivity contribution in [2.45, 2.75) is 39.3 Å². The summed E-state index contributed by atoms with van der Waals surface area (Å²) in [4.78, 5) is 0. The van der Waals surface area contributed by atoms with Gasteiger partial charge in [0.2, 0.25) is 0 Å². The molecule has 2 rings (SSSR count). The number of halogens is 1. The number of aliphatic hydroxyl groups excluding tert-OH is 1. The molecular formula is C15H19ClN2O. The first-order chi connectivity index (χ1) is 8.99. The maximum atomic E-state index is 10.4. The zero-order valence-corrected chi connectivity index (χ0v) is 12.2. The van der Waals surface area contributed by atoms with E-state index in [1.807, 2.05) is 39.0 Å². The minimum atomic E-state index is -0.640. The molecule has 0 radical (unpaired) electrons. The Morgan fingerprint density at radius 2 is 2.11 bits per heavy atom. The number of hydrogen-bond donors (Lipinski definition) is 1. The van der Waals surface area contributed by atoms with E-state index in [2.05, 4.69) is 11.2 Å². The van der Waals surface area contributed by atoms with Crippen LogP contribution in [0.25, 0.3) is 0 Å². The molecule has 1 aromatic carbocycles. The van der Waals surface area contributed by atoms with Crippen molar-refractivity contribution in [1.82, 2.24) is 9.78 Å². The van der Waals surface area contributed by atoms with Crippen molar-refractivity contribution in [2.24, 2.45) is 0 Å². The van der Waals surface area contributed by atoms with Crippen molar-refractivity contribution < 1.29 is 5.11 Å². The highest BCUT2D eigenvalue weighted by Gasteiger charge is 2.20. The lowest BCUT2D eigenvalue weighted by Crippen LogP contribution is -2.13. The minimum Gasteiger partial charge on any atom is -0.386 e. The van der Waals surface area contributed by atoms with Crippen LogP contribution in [0.3, 0.4) is 0 Å². The number of aryl methyl sites for hydroxylation is 1. The van der Waals surface area contributed by atoms with E-state index in [4.69, 9.17) is 11.6 Å². The minimum absolute atomic E-state index is 0.176. The first-order valence-corrected chi connectivity index (χ1v) is 6.83. The SMILES string of the molecule is Cc1cccc(CC(O)c2c(Cl)cnn2C(C)C)c1. The average Bonchev–Trinajstić information content (AvgIpc) is 2.71. The Bertz CT molecular complexity index is 563. The molecule has 0 saturated carbocycles. The molecule has 4 heteroatoms. The summed E-state index contributed by atoms with van der Waals surface area (Å²) in [6.45, 7) is 6.08. The van der Waals surface area contributed by atoms with E-state index >= 15 is 0 Å². The van der Waals surface area contributed by atoms with Crippen LogP contribution in [0.2, 0.25) is 5.02 Å². The Morgan fingerprint density at radius 1 is 1.37 bits per heavy atom. The molecule has 0 saturated heterocycles. The second-order valence-corrected chi connectivity index (χ2v) is 5.53. The van der Waals surface area contributed by atoms with Gasteiger partial charge in [-0.15, -0.1) is 0 Å². The smallest absolute Gasteiger partial charge is 0.101 e. The molecule has 2 aromatic rings. The van der Waals surface area contributed by atoms with Crippen LogP contribution < -0.4 is 0 Å². The number of nitrogens with zero attached hydrogens (tertiary/aromatic N) is 2. The molecule has 0 bridgehead atoms. The van der Waals surface area contributed by atoms with E-state index in [-0.39, 0.29) is 6.04 Å². The van der Waals surface area contributed by atoms with Gasteiger partial charge in [0.15, 0.2) is 0 Å². The van der Waals surface area contributed by atoms with Crippen LogP contribution in [0.15, 0.2) is 30.5 Å². The predicted molar refractivity (Wildman–Crippen MR) is 77.5 cm³/mol. The summed E-state index contributed by atoms with van der Waals surface area (Å²) in [6, 6.07) is 8.31. The Balaban J connectivity index is 2.25. The van der Waals surface area contributed by atoms with Crippen LogP contribution in [-0.4, -0.2) is 14.9 Å². The summed E-state index contributed by atoms with van der Waals surface area (Å²) in [5.74, 6) is 0. The largest absolute Gasteiger partial charge is 0.386 e. The van der Waals surface area contributed by atoms with Crippen LogP contribution in [0.4, 0.5) is 0 Å². The molecule has 0 fully saturated rings. The Hall–Kier alpha value is -1.32.